The first kappa shape index (κ1) is 14.5. The zero-order valence-corrected chi connectivity index (χ0v) is 13.9. The number of nitro groups is 1. The van der Waals surface area contributed by atoms with Gasteiger partial charge in [0.1, 0.15) is 0 Å². The summed E-state index contributed by atoms with van der Waals surface area (Å²) in [5.41, 5.74) is 3.44. The van der Waals surface area contributed by atoms with E-state index in [1.165, 1.54) is 5.56 Å². The van der Waals surface area contributed by atoms with Gasteiger partial charge in [-0.3, -0.25) is 10.1 Å². The van der Waals surface area contributed by atoms with Crippen LogP contribution in [0.5, 0.6) is 0 Å². The minimum atomic E-state index is -0.325. The van der Waals surface area contributed by atoms with Gasteiger partial charge in [0.15, 0.2) is 0 Å². The van der Waals surface area contributed by atoms with E-state index in [0.717, 1.165) is 22.1 Å². The Kier molecular flexibility index (Phi) is 3.45. The van der Waals surface area contributed by atoms with Gasteiger partial charge in [0, 0.05) is 28.2 Å². The third kappa shape index (κ3) is 2.45. The molecule has 1 aliphatic heterocycles. The second-order valence-electron chi connectivity index (χ2n) is 6.06. The molecule has 0 bridgehead atoms. The number of fused-ring (bicyclic) bond motifs is 3. The van der Waals surface area contributed by atoms with E-state index in [2.05, 4.69) is 57.7 Å². The Hall–Kier alpha value is -2.14. The number of nitrogens with one attached hydrogen (secondary N) is 1. The van der Waals surface area contributed by atoms with Crippen molar-refractivity contribution >= 4 is 27.3 Å². The Morgan fingerprint density at radius 3 is 2.70 bits per heavy atom. The van der Waals surface area contributed by atoms with Crippen LogP contribution in [0.25, 0.3) is 0 Å². The van der Waals surface area contributed by atoms with Gasteiger partial charge in [0.25, 0.3) is 5.69 Å². The quantitative estimate of drug-likeness (QED) is 0.449. The second-order valence-corrected chi connectivity index (χ2v) is 6.97. The smallest absolute Gasteiger partial charge is 0.269 e. The molecule has 0 amide bonds. The van der Waals surface area contributed by atoms with Crippen LogP contribution in [-0.4, -0.2) is 4.92 Å². The molecule has 23 heavy (non-hydrogen) atoms. The van der Waals surface area contributed by atoms with Crippen molar-refractivity contribution < 1.29 is 4.92 Å². The average Bonchev–Trinajstić information content (AvgIpc) is 3.04. The highest BCUT2D eigenvalue weighted by Gasteiger charge is 2.38. The summed E-state index contributed by atoms with van der Waals surface area (Å²) in [5, 5.41) is 14.7. The van der Waals surface area contributed by atoms with Crippen LogP contribution >= 0.6 is 15.9 Å². The van der Waals surface area contributed by atoms with Crippen LogP contribution in [0.15, 0.2) is 59.1 Å². The number of anilines is 1. The van der Waals surface area contributed by atoms with Gasteiger partial charge in [-0.05, 0) is 41.7 Å². The summed E-state index contributed by atoms with van der Waals surface area (Å²) in [6, 6.07) is 13.7. The van der Waals surface area contributed by atoms with Crippen LogP contribution in [0.3, 0.4) is 0 Å². The maximum Gasteiger partial charge on any atom is 0.269 e. The van der Waals surface area contributed by atoms with Gasteiger partial charge in [0.05, 0.1) is 11.0 Å². The van der Waals surface area contributed by atoms with E-state index >= 15 is 0 Å². The number of allylic oxidation sites excluding steroid dienone is 2. The molecule has 3 atom stereocenters. The van der Waals surface area contributed by atoms with Crippen LogP contribution in [0, 0.1) is 16.0 Å². The molecule has 1 heterocycles. The summed E-state index contributed by atoms with van der Waals surface area (Å²) < 4.78 is 1.06. The number of rotatable bonds is 2. The topological polar surface area (TPSA) is 55.2 Å². The Morgan fingerprint density at radius 1 is 1.17 bits per heavy atom. The van der Waals surface area contributed by atoms with E-state index in [1.807, 2.05) is 6.07 Å². The van der Waals surface area contributed by atoms with E-state index in [9.17, 15) is 10.1 Å². The highest BCUT2D eigenvalue weighted by atomic mass is 79.9. The Labute approximate surface area is 142 Å². The van der Waals surface area contributed by atoms with Crippen LogP contribution < -0.4 is 5.32 Å². The molecule has 0 radical (unpaired) electrons. The largest absolute Gasteiger partial charge is 0.378 e. The molecule has 0 saturated heterocycles. The van der Waals surface area contributed by atoms with Crippen molar-refractivity contribution in [1.29, 1.82) is 0 Å². The summed E-state index contributed by atoms with van der Waals surface area (Å²) in [5.74, 6) is 0.630. The molecule has 116 valence electrons. The Balaban J connectivity index is 1.77. The lowest BCUT2D eigenvalue weighted by atomic mass is 9.77. The molecule has 0 unspecified atom stereocenters. The van der Waals surface area contributed by atoms with Crippen molar-refractivity contribution in [2.75, 3.05) is 5.32 Å². The van der Waals surface area contributed by atoms with Gasteiger partial charge >= 0.3 is 0 Å². The lowest BCUT2D eigenvalue weighted by Gasteiger charge is -2.37. The maximum atomic E-state index is 11.1. The van der Waals surface area contributed by atoms with Gasteiger partial charge in [-0.2, -0.15) is 0 Å². The van der Waals surface area contributed by atoms with Gasteiger partial charge in [-0.25, -0.2) is 0 Å². The molecule has 4 rings (SSSR count). The lowest BCUT2D eigenvalue weighted by Crippen LogP contribution is -2.29. The molecule has 2 aromatic carbocycles. The molecule has 0 fully saturated rings. The first-order valence-corrected chi connectivity index (χ1v) is 8.40. The maximum absolute atomic E-state index is 11.1. The normalized spacial score (nSPS) is 24.7. The molecule has 2 aromatic rings. The highest BCUT2D eigenvalue weighted by Crippen LogP contribution is 2.50. The number of hydrogen-bond donors (Lipinski definition) is 1. The molecule has 0 spiro atoms. The number of nitro benzene ring substituents is 1. The van der Waals surface area contributed by atoms with E-state index in [1.54, 1.807) is 12.1 Å². The van der Waals surface area contributed by atoms with E-state index in [4.69, 9.17) is 0 Å². The SMILES string of the molecule is O=[N+]([O-])c1ccc2c(c1)[C@@H]1C=CC[C@H]1[C@H](c1ccc(Br)cc1)N2. The average molecular weight is 371 g/mol. The van der Waals surface area contributed by atoms with Gasteiger partial charge in [-0.15, -0.1) is 0 Å². The van der Waals surface area contributed by atoms with Gasteiger partial charge in [0.2, 0.25) is 0 Å². The van der Waals surface area contributed by atoms with Crippen molar-refractivity contribution in [3.63, 3.8) is 0 Å². The summed E-state index contributed by atoms with van der Waals surface area (Å²) >= 11 is 3.48. The number of halogens is 1. The van der Waals surface area contributed by atoms with Crippen molar-refractivity contribution in [1.82, 2.24) is 0 Å². The highest BCUT2D eigenvalue weighted by molar-refractivity contribution is 9.10. The molecule has 0 saturated carbocycles. The third-order valence-electron chi connectivity index (χ3n) is 4.79. The standard InChI is InChI=1S/C18H15BrN2O2/c19-12-6-4-11(5-7-12)18-15-3-1-2-14(15)16-10-13(21(22)23)8-9-17(16)20-18/h1-2,4-10,14-15,18,20H,3H2/t14-,15-,18+/m1/s1. The fraction of sp³-hybridized carbons (Fsp3) is 0.222. The van der Waals surface area contributed by atoms with E-state index in [0.29, 0.717) is 5.92 Å². The second kappa shape index (κ2) is 5.49. The van der Waals surface area contributed by atoms with E-state index < -0.39 is 0 Å². The fourth-order valence-corrected chi connectivity index (χ4v) is 3.96. The predicted molar refractivity (Wildman–Crippen MR) is 93.6 cm³/mol. The third-order valence-corrected chi connectivity index (χ3v) is 5.31. The molecular weight excluding hydrogens is 356 g/mol. The van der Waals surface area contributed by atoms with Crippen LogP contribution in [0.4, 0.5) is 11.4 Å². The van der Waals surface area contributed by atoms with Crippen molar-refractivity contribution in [3.05, 3.63) is 80.3 Å². The summed E-state index contributed by atoms with van der Waals surface area (Å²) in [6.07, 6.45) is 5.37. The van der Waals surface area contributed by atoms with E-state index in [-0.39, 0.29) is 22.6 Å². The molecular formula is C18H15BrN2O2. The first-order valence-electron chi connectivity index (χ1n) is 7.60. The summed E-state index contributed by atoms with van der Waals surface area (Å²) in [6.45, 7) is 0. The number of hydrogen-bond acceptors (Lipinski definition) is 3. The Morgan fingerprint density at radius 2 is 1.96 bits per heavy atom. The van der Waals surface area contributed by atoms with Crippen molar-refractivity contribution in [2.24, 2.45) is 5.92 Å². The number of nitrogens with zero attached hydrogens (tertiary/aromatic N) is 1. The zero-order valence-electron chi connectivity index (χ0n) is 12.3. The van der Waals surface area contributed by atoms with Crippen molar-refractivity contribution in [3.8, 4) is 0 Å². The summed E-state index contributed by atoms with van der Waals surface area (Å²) in [4.78, 5) is 10.7. The minimum Gasteiger partial charge on any atom is -0.378 e. The molecule has 1 N–H and O–H groups in total. The van der Waals surface area contributed by atoms with Gasteiger partial charge in [-0.1, -0.05) is 40.2 Å². The molecule has 5 heteroatoms. The Bertz CT molecular complexity index is 801. The summed E-state index contributed by atoms with van der Waals surface area (Å²) in [7, 11) is 0. The number of benzene rings is 2. The zero-order chi connectivity index (χ0) is 16.0. The lowest BCUT2D eigenvalue weighted by molar-refractivity contribution is -0.384. The molecule has 2 aliphatic rings. The molecule has 1 aliphatic carbocycles. The van der Waals surface area contributed by atoms with Crippen LogP contribution in [0.2, 0.25) is 0 Å². The minimum absolute atomic E-state index is 0.159. The van der Waals surface area contributed by atoms with Gasteiger partial charge < -0.3 is 5.32 Å². The molecule has 0 aromatic heterocycles. The monoisotopic (exact) mass is 370 g/mol. The molecule has 4 nitrogen and oxygen atoms in total. The first-order chi connectivity index (χ1) is 11.1. The predicted octanol–water partition coefficient (Wildman–Crippen LogP) is 5.18. The fourth-order valence-electron chi connectivity index (χ4n) is 3.70. The van der Waals surface area contributed by atoms with Crippen LogP contribution in [-0.2, 0) is 0 Å². The van der Waals surface area contributed by atoms with Crippen LogP contribution in [0.1, 0.15) is 29.5 Å². The van der Waals surface area contributed by atoms with Crippen molar-refractivity contribution in [2.45, 2.75) is 18.4 Å². The number of non-ortho nitro benzene ring substituents is 1.